The molecule has 3 rings (SSSR count). The van der Waals surface area contributed by atoms with Crippen molar-refractivity contribution >= 4 is 28.5 Å². The summed E-state index contributed by atoms with van der Waals surface area (Å²) in [5, 5.41) is 6.69. The Balaban J connectivity index is 1.67. The van der Waals surface area contributed by atoms with Gasteiger partial charge >= 0.3 is 0 Å². The van der Waals surface area contributed by atoms with Gasteiger partial charge in [-0.25, -0.2) is 4.98 Å². The fraction of sp³-hybridized carbons (Fsp3) is 0.158. The molecule has 0 saturated carbocycles. The highest BCUT2D eigenvalue weighted by atomic mass is 32.1. The summed E-state index contributed by atoms with van der Waals surface area (Å²) in [5.74, 6) is 1.35. The van der Waals surface area contributed by atoms with E-state index >= 15 is 0 Å². The molecule has 0 atom stereocenters. The average molecular weight is 352 g/mol. The van der Waals surface area contributed by atoms with Crippen molar-refractivity contribution in [2.45, 2.75) is 20.5 Å². The number of nitrogens with zero attached hydrogens (tertiary/aromatic N) is 2. The van der Waals surface area contributed by atoms with Crippen molar-refractivity contribution in [3.05, 3.63) is 70.1 Å². The van der Waals surface area contributed by atoms with Crippen molar-refractivity contribution in [3.8, 4) is 5.75 Å². The van der Waals surface area contributed by atoms with Crippen molar-refractivity contribution in [1.29, 1.82) is 0 Å². The van der Waals surface area contributed by atoms with Crippen LogP contribution in [0, 0.1) is 13.8 Å². The minimum atomic E-state index is 0.495. The lowest BCUT2D eigenvalue weighted by Crippen LogP contribution is -1.99. The Labute approximate surface area is 151 Å². The Hall–Kier alpha value is -2.86. The third kappa shape index (κ3) is 4.58. The monoisotopic (exact) mass is 352 g/mol. The largest absolute Gasteiger partial charge is 0.489 e. The molecule has 5 nitrogen and oxygen atoms in total. The highest BCUT2D eigenvalue weighted by Crippen LogP contribution is 2.22. The molecule has 6 heteroatoms. The van der Waals surface area contributed by atoms with Crippen LogP contribution in [0.25, 0.3) is 0 Å². The fourth-order valence-corrected chi connectivity index (χ4v) is 3.00. The fourth-order valence-electron chi connectivity index (χ4n) is 2.45. The molecule has 0 aliphatic rings. The number of ether oxygens (including phenoxy) is 1. The minimum absolute atomic E-state index is 0.495. The molecule has 1 heterocycles. The lowest BCUT2D eigenvalue weighted by atomic mass is 10.0. The average Bonchev–Trinajstić information content (AvgIpc) is 3.02. The highest BCUT2D eigenvalue weighted by Gasteiger charge is 2.05. The zero-order valence-corrected chi connectivity index (χ0v) is 15.0. The number of hydrogen-bond donors (Lipinski definition) is 2. The van der Waals surface area contributed by atoms with E-state index in [-0.39, 0.29) is 0 Å². The van der Waals surface area contributed by atoms with Crippen molar-refractivity contribution in [2.75, 3.05) is 11.2 Å². The van der Waals surface area contributed by atoms with Crippen LogP contribution in [0.5, 0.6) is 5.75 Å². The van der Waals surface area contributed by atoms with Gasteiger partial charge in [-0.15, -0.1) is 11.3 Å². The maximum atomic E-state index is 5.90. The summed E-state index contributed by atoms with van der Waals surface area (Å²) < 4.78 is 5.90. The van der Waals surface area contributed by atoms with Crippen LogP contribution >= 0.6 is 11.3 Å². The minimum Gasteiger partial charge on any atom is -0.489 e. The van der Waals surface area contributed by atoms with Crippen molar-refractivity contribution < 1.29 is 4.74 Å². The number of nitrogen functional groups attached to an aromatic ring is 1. The predicted octanol–water partition coefficient (Wildman–Crippen LogP) is 4.37. The molecule has 0 aliphatic carbocycles. The maximum Gasteiger partial charge on any atom is 0.205 e. The summed E-state index contributed by atoms with van der Waals surface area (Å²) in [6.07, 6.45) is 1.79. The van der Waals surface area contributed by atoms with Gasteiger partial charge in [-0.05, 0) is 42.7 Å². The molecule has 0 bridgehead atoms. The molecule has 0 saturated heterocycles. The SMILES string of the molecule is Cc1cc(OCc2ccccc2)cc(C)c1C=NNc1nc(N)cs1. The number of rotatable bonds is 6. The van der Waals surface area contributed by atoms with E-state index in [0.29, 0.717) is 17.6 Å². The van der Waals surface area contributed by atoms with Crippen LogP contribution < -0.4 is 15.9 Å². The Morgan fingerprint density at radius 1 is 1.20 bits per heavy atom. The third-order valence-electron chi connectivity index (χ3n) is 3.69. The molecule has 0 aliphatic heterocycles. The van der Waals surface area contributed by atoms with Gasteiger partial charge in [0.2, 0.25) is 5.13 Å². The Bertz CT molecular complexity index is 851. The van der Waals surface area contributed by atoms with E-state index < -0.39 is 0 Å². The van der Waals surface area contributed by atoms with Gasteiger partial charge in [0, 0.05) is 10.9 Å². The molecule has 3 aromatic rings. The molecule has 0 amide bonds. The van der Waals surface area contributed by atoms with Crippen LogP contribution in [0.1, 0.15) is 22.3 Å². The van der Waals surface area contributed by atoms with Crippen molar-refractivity contribution in [3.63, 3.8) is 0 Å². The lowest BCUT2D eigenvalue weighted by Gasteiger charge is -2.11. The van der Waals surface area contributed by atoms with E-state index in [4.69, 9.17) is 10.5 Å². The quantitative estimate of drug-likeness (QED) is 0.510. The maximum absolute atomic E-state index is 5.90. The van der Waals surface area contributed by atoms with Crippen LogP contribution in [0.15, 0.2) is 52.9 Å². The van der Waals surface area contributed by atoms with E-state index in [2.05, 4.69) is 27.6 Å². The normalized spacial score (nSPS) is 11.0. The standard InChI is InChI=1S/C19H20N4OS/c1-13-8-16(24-11-15-6-4-3-5-7-15)9-14(2)17(13)10-21-23-19-22-18(20)12-25-19/h3-10,12H,11,20H2,1-2H3,(H,22,23). The number of benzene rings is 2. The van der Waals surface area contributed by atoms with Gasteiger partial charge < -0.3 is 10.5 Å². The first-order valence-corrected chi connectivity index (χ1v) is 8.78. The lowest BCUT2D eigenvalue weighted by molar-refractivity contribution is 0.306. The Morgan fingerprint density at radius 3 is 2.56 bits per heavy atom. The topological polar surface area (TPSA) is 72.5 Å². The second kappa shape index (κ2) is 7.81. The summed E-state index contributed by atoms with van der Waals surface area (Å²) in [6.45, 7) is 4.65. The van der Waals surface area contributed by atoms with E-state index in [0.717, 1.165) is 28.0 Å². The summed E-state index contributed by atoms with van der Waals surface area (Å²) in [5.41, 5.74) is 12.9. The number of hydrazone groups is 1. The molecule has 0 fully saturated rings. The van der Waals surface area contributed by atoms with E-state index in [1.54, 1.807) is 11.6 Å². The molecule has 0 spiro atoms. The van der Waals surface area contributed by atoms with Gasteiger partial charge in [0.15, 0.2) is 0 Å². The van der Waals surface area contributed by atoms with E-state index in [1.807, 2.05) is 44.2 Å². The second-order valence-corrected chi connectivity index (χ2v) is 6.55. The van der Waals surface area contributed by atoms with Gasteiger partial charge in [-0.3, -0.25) is 5.43 Å². The number of hydrogen-bond acceptors (Lipinski definition) is 6. The molecule has 1 aromatic heterocycles. The first kappa shape index (κ1) is 17.0. The second-order valence-electron chi connectivity index (χ2n) is 5.69. The van der Waals surface area contributed by atoms with Crippen LogP contribution in [0.2, 0.25) is 0 Å². The van der Waals surface area contributed by atoms with Crippen LogP contribution in [-0.4, -0.2) is 11.2 Å². The molecule has 0 radical (unpaired) electrons. The Morgan fingerprint density at radius 2 is 1.92 bits per heavy atom. The predicted molar refractivity (Wildman–Crippen MR) is 104 cm³/mol. The smallest absolute Gasteiger partial charge is 0.205 e. The van der Waals surface area contributed by atoms with Gasteiger partial charge in [0.1, 0.15) is 18.2 Å². The Kier molecular flexibility index (Phi) is 5.30. The van der Waals surface area contributed by atoms with Crippen LogP contribution in [-0.2, 0) is 6.61 Å². The summed E-state index contributed by atoms with van der Waals surface area (Å²) in [7, 11) is 0. The summed E-state index contributed by atoms with van der Waals surface area (Å²) >= 11 is 1.42. The first-order valence-electron chi connectivity index (χ1n) is 7.90. The molecular weight excluding hydrogens is 332 g/mol. The number of anilines is 2. The highest BCUT2D eigenvalue weighted by molar-refractivity contribution is 7.14. The third-order valence-corrected chi connectivity index (χ3v) is 4.46. The van der Waals surface area contributed by atoms with E-state index in [1.165, 1.54) is 11.3 Å². The van der Waals surface area contributed by atoms with Crippen LogP contribution in [0.4, 0.5) is 10.9 Å². The number of nitrogens with one attached hydrogen (secondary N) is 1. The molecule has 2 aromatic carbocycles. The van der Waals surface area contributed by atoms with Crippen molar-refractivity contribution in [2.24, 2.45) is 5.10 Å². The number of aromatic nitrogens is 1. The molecular formula is C19H20N4OS. The van der Waals surface area contributed by atoms with E-state index in [9.17, 15) is 0 Å². The zero-order valence-electron chi connectivity index (χ0n) is 14.2. The first-order chi connectivity index (χ1) is 12.1. The summed E-state index contributed by atoms with van der Waals surface area (Å²) in [6, 6.07) is 14.2. The molecule has 25 heavy (non-hydrogen) atoms. The zero-order chi connectivity index (χ0) is 17.6. The van der Waals surface area contributed by atoms with Crippen molar-refractivity contribution in [1.82, 2.24) is 4.98 Å². The summed E-state index contributed by atoms with van der Waals surface area (Å²) in [4.78, 5) is 4.11. The van der Waals surface area contributed by atoms with Crippen LogP contribution in [0.3, 0.4) is 0 Å². The molecule has 3 N–H and O–H groups in total. The molecule has 128 valence electrons. The molecule has 0 unspecified atom stereocenters. The van der Waals surface area contributed by atoms with Gasteiger partial charge in [-0.2, -0.15) is 5.10 Å². The number of thiazole rings is 1. The number of nitrogens with two attached hydrogens (primary N) is 1. The van der Waals surface area contributed by atoms with Gasteiger partial charge in [0.05, 0.1) is 6.21 Å². The van der Waals surface area contributed by atoms with Gasteiger partial charge in [0.25, 0.3) is 0 Å². The van der Waals surface area contributed by atoms with Gasteiger partial charge in [-0.1, -0.05) is 30.3 Å². The number of aryl methyl sites for hydroxylation is 2.